The van der Waals surface area contributed by atoms with Crippen molar-refractivity contribution in [3.63, 3.8) is 0 Å². The lowest BCUT2D eigenvalue weighted by molar-refractivity contribution is -0.921. The second kappa shape index (κ2) is 7.69. The third-order valence-corrected chi connectivity index (χ3v) is 5.62. The maximum absolute atomic E-state index is 11.7. The number of thioether (sulfide) groups is 1. The van der Waals surface area contributed by atoms with Gasteiger partial charge in [0.05, 0.1) is 24.2 Å². The Morgan fingerprint density at radius 2 is 2.38 bits per heavy atom. The number of rotatable bonds is 4. The van der Waals surface area contributed by atoms with E-state index >= 15 is 0 Å². The second-order valence-corrected chi connectivity index (χ2v) is 7.46. The molecule has 6 nitrogen and oxygen atoms in total. The van der Waals surface area contributed by atoms with Crippen LogP contribution in [-0.4, -0.2) is 47.0 Å². The van der Waals surface area contributed by atoms with Gasteiger partial charge in [-0.05, 0) is 24.4 Å². The molecule has 9 heteroatoms. The molecule has 3 rings (SSSR count). The first-order valence-corrected chi connectivity index (χ1v) is 9.28. The summed E-state index contributed by atoms with van der Waals surface area (Å²) in [4.78, 5) is 13.2. The van der Waals surface area contributed by atoms with Crippen LogP contribution in [0.1, 0.15) is 0 Å². The monoisotopic (exact) mass is 386 g/mol. The summed E-state index contributed by atoms with van der Waals surface area (Å²) < 4.78 is 12.1. The van der Waals surface area contributed by atoms with Crippen LogP contribution >= 0.6 is 35.6 Å². The summed E-state index contributed by atoms with van der Waals surface area (Å²) >= 11 is 13.1. The maximum Gasteiger partial charge on any atom is 0.324 e. The van der Waals surface area contributed by atoms with Gasteiger partial charge < -0.3 is 14.1 Å². The third kappa shape index (κ3) is 3.83. The van der Waals surface area contributed by atoms with Crippen molar-refractivity contribution in [3.05, 3.63) is 34.1 Å². The number of quaternary nitrogens is 1. The summed E-state index contributed by atoms with van der Waals surface area (Å²) in [5.74, 6) is 1.11. The van der Waals surface area contributed by atoms with E-state index in [1.807, 2.05) is 18.2 Å². The van der Waals surface area contributed by atoms with Gasteiger partial charge in [-0.25, -0.2) is 0 Å². The summed E-state index contributed by atoms with van der Waals surface area (Å²) in [6.07, 6.45) is 0. The van der Waals surface area contributed by atoms with E-state index in [1.165, 1.54) is 12.0 Å². The summed E-state index contributed by atoms with van der Waals surface area (Å²) in [6, 6.07) is 7.33. The van der Waals surface area contributed by atoms with E-state index in [2.05, 4.69) is 5.10 Å². The number of ether oxygens (including phenoxy) is 1. The van der Waals surface area contributed by atoms with E-state index in [4.69, 9.17) is 33.0 Å². The Morgan fingerprint density at radius 1 is 1.58 bits per heavy atom. The number of esters is 1. The quantitative estimate of drug-likeness (QED) is 0.637. The van der Waals surface area contributed by atoms with Crippen LogP contribution < -0.4 is 4.90 Å². The van der Waals surface area contributed by atoms with Gasteiger partial charge in [-0.2, -0.15) is 4.68 Å². The molecule has 1 unspecified atom stereocenters. The van der Waals surface area contributed by atoms with Crippen molar-refractivity contribution in [3.8, 4) is 11.5 Å². The molecule has 1 N–H and O–H groups in total. The molecule has 0 aliphatic carbocycles. The zero-order chi connectivity index (χ0) is 17.1. The van der Waals surface area contributed by atoms with Gasteiger partial charge in [0.1, 0.15) is 6.54 Å². The molecule has 0 saturated carbocycles. The van der Waals surface area contributed by atoms with Crippen molar-refractivity contribution in [2.45, 2.75) is 11.9 Å². The number of hydrogen-bond donors (Lipinski definition) is 1. The molecular weight excluding hydrogens is 370 g/mol. The van der Waals surface area contributed by atoms with Gasteiger partial charge in [0.25, 0.3) is 4.84 Å². The topological polar surface area (TPSA) is 61.7 Å². The largest absolute Gasteiger partial charge is 0.468 e. The van der Waals surface area contributed by atoms with Gasteiger partial charge in [-0.3, -0.25) is 4.79 Å². The lowest BCUT2D eigenvalue weighted by atomic mass is 10.2. The van der Waals surface area contributed by atoms with Gasteiger partial charge >= 0.3 is 5.97 Å². The fraction of sp³-hybridized carbons (Fsp3) is 0.400. The fourth-order valence-electron chi connectivity index (χ4n) is 2.56. The van der Waals surface area contributed by atoms with Gasteiger partial charge in [0, 0.05) is 5.75 Å². The number of nitrogens with zero attached hydrogens (tertiary/aromatic N) is 2. The van der Waals surface area contributed by atoms with Crippen molar-refractivity contribution < 1.29 is 18.8 Å². The van der Waals surface area contributed by atoms with E-state index in [0.29, 0.717) is 34.5 Å². The minimum atomic E-state index is -0.183. The molecule has 1 aliphatic rings. The van der Waals surface area contributed by atoms with E-state index in [-0.39, 0.29) is 11.2 Å². The van der Waals surface area contributed by atoms with Crippen molar-refractivity contribution in [1.29, 1.82) is 0 Å². The minimum Gasteiger partial charge on any atom is -0.468 e. The molecule has 24 heavy (non-hydrogen) atoms. The molecule has 0 radical (unpaired) electrons. The first-order valence-electron chi connectivity index (χ1n) is 7.44. The molecule has 2 atom stereocenters. The van der Waals surface area contributed by atoms with Crippen molar-refractivity contribution in [1.82, 2.24) is 9.78 Å². The van der Waals surface area contributed by atoms with E-state index in [9.17, 15) is 4.79 Å². The highest BCUT2D eigenvalue weighted by Gasteiger charge is 2.30. The van der Waals surface area contributed by atoms with Crippen LogP contribution in [-0.2, 0) is 16.2 Å². The van der Waals surface area contributed by atoms with Crippen LogP contribution in [0.3, 0.4) is 0 Å². The number of aromatic nitrogens is 2. The van der Waals surface area contributed by atoms with Crippen LogP contribution in [0.15, 0.2) is 28.7 Å². The Labute approximate surface area is 153 Å². The number of benzene rings is 1. The minimum absolute atomic E-state index is 0.150. The zero-order valence-electron chi connectivity index (χ0n) is 13.0. The van der Waals surface area contributed by atoms with Gasteiger partial charge in [0.15, 0.2) is 11.9 Å². The van der Waals surface area contributed by atoms with Gasteiger partial charge in [-0.15, -0.1) is 16.9 Å². The highest BCUT2D eigenvalue weighted by Crippen LogP contribution is 2.26. The maximum atomic E-state index is 11.7. The van der Waals surface area contributed by atoms with Crippen molar-refractivity contribution in [2.75, 3.05) is 26.0 Å². The Hall–Kier alpha value is -1.35. The first kappa shape index (κ1) is 17.5. The highest BCUT2D eigenvalue weighted by molar-refractivity contribution is 8.00. The molecule has 1 aromatic heterocycles. The normalized spacial score (nSPS) is 20.8. The highest BCUT2D eigenvalue weighted by atomic mass is 35.5. The molecule has 1 aliphatic heterocycles. The van der Waals surface area contributed by atoms with E-state index < -0.39 is 0 Å². The average molecular weight is 387 g/mol. The van der Waals surface area contributed by atoms with Crippen molar-refractivity contribution >= 4 is 41.6 Å². The molecule has 2 aromatic rings. The summed E-state index contributed by atoms with van der Waals surface area (Å²) in [6.45, 7) is 2.14. The lowest BCUT2D eigenvalue weighted by Crippen LogP contribution is -3.14. The first-order chi connectivity index (χ1) is 11.6. The van der Waals surface area contributed by atoms with Crippen LogP contribution in [0.5, 0.6) is 0 Å². The van der Waals surface area contributed by atoms with Gasteiger partial charge in [0.2, 0.25) is 5.89 Å². The summed E-state index contributed by atoms with van der Waals surface area (Å²) in [5, 5.41) is 4.86. The molecule has 2 heterocycles. The Bertz CT molecular complexity index is 792. The summed E-state index contributed by atoms with van der Waals surface area (Å²) in [7, 11) is 1.42. The Kier molecular flexibility index (Phi) is 5.60. The Morgan fingerprint density at radius 3 is 3.12 bits per heavy atom. The molecule has 128 valence electrons. The third-order valence-electron chi connectivity index (χ3n) is 3.80. The van der Waals surface area contributed by atoms with Crippen LogP contribution in [0.2, 0.25) is 5.02 Å². The molecule has 0 bridgehead atoms. The number of methoxy groups -OCH3 is 1. The van der Waals surface area contributed by atoms with Crippen LogP contribution in [0.25, 0.3) is 11.5 Å². The molecule has 1 aromatic carbocycles. The molecule has 1 fully saturated rings. The number of nitrogens with one attached hydrogen (secondary N) is 1. The summed E-state index contributed by atoms with van der Waals surface area (Å²) in [5.41, 5.74) is 0.709. The molecule has 0 amide bonds. The number of carbonyl (C=O) groups is 1. The molecule has 1 saturated heterocycles. The fourth-order valence-corrected chi connectivity index (χ4v) is 4.23. The second-order valence-electron chi connectivity index (χ2n) is 5.40. The number of carbonyl (C=O) groups excluding carboxylic acids is 1. The number of hydrogen-bond acceptors (Lipinski definition) is 6. The van der Waals surface area contributed by atoms with E-state index in [1.54, 1.807) is 22.5 Å². The predicted molar refractivity (Wildman–Crippen MR) is 94.7 cm³/mol. The van der Waals surface area contributed by atoms with Crippen molar-refractivity contribution in [2.24, 2.45) is 0 Å². The van der Waals surface area contributed by atoms with Gasteiger partial charge in [-0.1, -0.05) is 23.7 Å². The van der Waals surface area contributed by atoms with Crippen LogP contribution in [0.4, 0.5) is 0 Å². The lowest BCUT2D eigenvalue weighted by Gasteiger charge is -2.27. The zero-order valence-corrected chi connectivity index (χ0v) is 15.4. The molecule has 0 spiro atoms. The smallest absolute Gasteiger partial charge is 0.324 e. The van der Waals surface area contributed by atoms with E-state index in [0.717, 1.165) is 12.3 Å². The SMILES string of the molecule is COC(=O)[C@@H]1C[NH+](Cn2nc(-c3ccccc3Cl)oc2=S)CCS1. The average Bonchev–Trinajstić information content (AvgIpc) is 2.95. The standard InChI is InChI=1S/C15H16ClN3O3S2/c1-21-14(20)12-8-18(6-7-24-12)9-19-15(23)22-13(17-19)10-4-2-3-5-11(10)16/h2-5,12H,6-9H2,1H3/p+1/t12-/m0/s1. The predicted octanol–water partition coefficient (Wildman–Crippen LogP) is 1.66. The Balaban J connectivity index is 1.75. The molecular formula is C15H17ClN3O3S2+. The van der Waals surface area contributed by atoms with Crippen LogP contribution in [0, 0.1) is 4.84 Å². The number of halogens is 1.